The Hall–Kier alpha value is -3.67. The number of pyridine rings is 1. The van der Waals surface area contributed by atoms with Crippen LogP contribution in [0.5, 0.6) is 0 Å². The molecule has 7 heteroatoms. The Kier molecular flexibility index (Phi) is 6.03. The number of benzene rings is 2. The normalized spacial score (nSPS) is 11.6. The van der Waals surface area contributed by atoms with Gasteiger partial charge in [0.2, 0.25) is 0 Å². The van der Waals surface area contributed by atoms with Crippen molar-refractivity contribution in [1.29, 1.82) is 0 Å². The molecule has 4 aromatic rings. The maximum absolute atomic E-state index is 12.3. The number of aromatic amines is 1. The molecule has 1 N–H and O–H groups in total. The molecule has 2 aromatic heterocycles. The SMILES string of the molecule is [N-]=[N+]=NCCS(=O)c1ccc(-c2cc(-c3ccncc3)c(-c3ccccc3)[nH]2)cc1. The summed E-state index contributed by atoms with van der Waals surface area (Å²) in [5.41, 5.74) is 14.7. The molecule has 0 saturated heterocycles. The van der Waals surface area contributed by atoms with Gasteiger partial charge in [-0.15, -0.1) is 0 Å². The Bertz CT molecular complexity index is 1140. The molecule has 1 unspecified atom stereocenters. The van der Waals surface area contributed by atoms with Crippen LogP contribution < -0.4 is 0 Å². The minimum absolute atomic E-state index is 0.219. The highest BCUT2D eigenvalue weighted by atomic mass is 32.2. The summed E-state index contributed by atoms with van der Waals surface area (Å²) < 4.78 is 12.3. The van der Waals surface area contributed by atoms with Gasteiger partial charge in [-0.25, -0.2) is 0 Å². The zero-order chi connectivity index (χ0) is 20.8. The molecule has 0 fully saturated rings. The first-order chi connectivity index (χ1) is 14.8. The van der Waals surface area contributed by atoms with E-state index in [1.807, 2.05) is 54.6 Å². The third kappa shape index (κ3) is 4.33. The molecule has 0 saturated carbocycles. The molecule has 148 valence electrons. The summed E-state index contributed by atoms with van der Waals surface area (Å²) in [5, 5.41) is 3.45. The topological polar surface area (TPSA) is 94.5 Å². The maximum atomic E-state index is 12.3. The van der Waals surface area contributed by atoms with Gasteiger partial charge in [-0.2, -0.15) is 0 Å². The minimum Gasteiger partial charge on any atom is -0.354 e. The average Bonchev–Trinajstić information content (AvgIpc) is 3.26. The van der Waals surface area contributed by atoms with Gasteiger partial charge >= 0.3 is 0 Å². The average molecular weight is 414 g/mol. The van der Waals surface area contributed by atoms with Crippen LogP contribution >= 0.6 is 0 Å². The van der Waals surface area contributed by atoms with E-state index < -0.39 is 10.8 Å². The molecule has 2 heterocycles. The fourth-order valence-electron chi connectivity index (χ4n) is 3.27. The van der Waals surface area contributed by atoms with Crippen molar-refractivity contribution < 1.29 is 4.21 Å². The standard InChI is InChI=1S/C23H19N5OS/c24-28-26-14-15-30(29)20-8-6-18(7-9-20)22-16-21(17-10-12-25-13-11-17)23(27-22)19-4-2-1-3-5-19/h1-13,16,27H,14-15H2. The summed E-state index contributed by atoms with van der Waals surface area (Å²) in [5.74, 6) is 0.316. The van der Waals surface area contributed by atoms with Gasteiger partial charge in [0.15, 0.2) is 0 Å². The first-order valence-electron chi connectivity index (χ1n) is 9.45. The molecule has 0 radical (unpaired) electrons. The molecule has 0 amide bonds. The van der Waals surface area contributed by atoms with Gasteiger partial charge in [-0.1, -0.05) is 47.6 Å². The Morgan fingerprint density at radius 3 is 2.37 bits per heavy atom. The number of nitrogens with one attached hydrogen (secondary N) is 1. The lowest BCUT2D eigenvalue weighted by atomic mass is 10.0. The Morgan fingerprint density at radius 2 is 1.67 bits per heavy atom. The van der Waals surface area contributed by atoms with Crippen LogP contribution in [0.25, 0.3) is 44.1 Å². The molecular weight excluding hydrogens is 394 g/mol. The predicted molar refractivity (Wildman–Crippen MR) is 120 cm³/mol. The van der Waals surface area contributed by atoms with Crippen molar-refractivity contribution in [2.45, 2.75) is 4.90 Å². The summed E-state index contributed by atoms with van der Waals surface area (Å²) in [6.07, 6.45) is 3.58. The zero-order valence-electron chi connectivity index (χ0n) is 16.1. The van der Waals surface area contributed by atoms with Crippen LogP contribution in [0.2, 0.25) is 0 Å². The summed E-state index contributed by atoms with van der Waals surface area (Å²) >= 11 is 0. The first kappa shape index (κ1) is 19.6. The summed E-state index contributed by atoms with van der Waals surface area (Å²) in [7, 11) is -1.19. The van der Waals surface area contributed by atoms with Gasteiger partial charge in [0.25, 0.3) is 0 Å². The molecule has 4 rings (SSSR count). The number of hydrogen-bond acceptors (Lipinski definition) is 3. The van der Waals surface area contributed by atoms with Crippen LogP contribution in [0, 0.1) is 0 Å². The molecule has 6 nitrogen and oxygen atoms in total. The molecule has 2 aromatic carbocycles. The van der Waals surface area contributed by atoms with Crippen molar-refractivity contribution in [3.8, 4) is 33.6 Å². The number of azide groups is 1. The third-order valence-corrected chi connectivity index (χ3v) is 6.09. The van der Waals surface area contributed by atoms with E-state index in [1.54, 1.807) is 12.4 Å². The van der Waals surface area contributed by atoms with Crippen molar-refractivity contribution in [3.05, 3.63) is 95.6 Å². The highest BCUT2D eigenvalue weighted by Gasteiger charge is 2.13. The lowest BCUT2D eigenvalue weighted by molar-refractivity contribution is 0.682. The Labute approximate surface area is 176 Å². The van der Waals surface area contributed by atoms with E-state index in [0.29, 0.717) is 5.75 Å². The van der Waals surface area contributed by atoms with Crippen LogP contribution in [0.3, 0.4) is 0 Å². The van der Waals surface area contributed by atoms with E-state index in [4.69, 9.17) is 5.53 Å². The van der Waals surface area contributed by atoms with Gasteiger partial charge in [0, 0.05) is 45.8 Å². The second kappa shape index (κ2) is 9.22. The predicted octanol–water partition coefficient (Wildman–Crippen LogP) is 5.83. The second-order valence-corrected chi connectivity index (χ2v) is 8.17. The molecule has 0 aliphatic carbocycles. The molecule has 0 aliphatic heterocycles. The monoisotopic (exact) mass is 413 g/mol. The van der Waals surface area contributed by atoms with E-state index in [9.17, 15) is 4.21 Å². The second-order valence-electron chi connectivity index (χ2n) is 6.60. The van der Waals surface area contributed by atoms with Crippen LogP contribution in [0.1, 0.15) is 0 Å². The summed E-state index contributed by atoms with van der Waals surface area (Å²) in [6, 6.07) is 23.9. The first-order valence-corrected chi connectivity index (χ1v) is 10.8. The Balaban J connectivity index is 1.69. The van der Waals surface area contributed by atoms with Gasteiger partial charge in [0.05, 0.1) is 16.5 Å². The quantitative estimate of drug-likeness (QED) is 0.234. The van der Waals surface area contributed by atoms with Gasteiger partial charge in [0.1, 0.15) is 0 Å². The van der Waals surface area contributed by atoms with Crippen molar-refractivity contribution >= 4 is 10.8 Å². The van der Waals surface area contributed by atoms with Crippen molar-refractivity contribution in [2.24, 2.45) is 5.11 Å². The minimum atomic E-state index is -1.19. The molecule has 0 aliphatic rings. The van der Waals surface area contributed by atoms with E-state index in [1.165, 1.54) is 0 Å². The van der Waals surface area contributed by atoms with E-state index in [0.717, 1.165) is 38.5 Å². The largest absolute Gasteiger partial charge is 0.354 e. The molecule has 1 atom stereocenters. The van der Waals surface area contributed by atoms with Crippen molar-refractivity contribution in [1.82, 2.24) is 9.97 Å². The van der Waals surface area contributed by atoms with Gasteiger partial charge < -0.3 is 4.98 Å². The smallest absolute Gasteiger partial charge is 0.0538 e. The Morgan fingerprint density at radius 1 is 0.933 bits per heavy atom. The van der Waals surface area contributed by atoms with Crippen molar-refractivity contribution in [3.63, 3.8) is 0 Å². The zero-order valence-corrected chi connectivity index (χ0v) is 16.9. The number of hydrogen-bond donors (Lipinski definition) is 1. The van der Waals surface area contributed by atoms with E-state index >= 15 is 0 Å². The van der Waals surface area contributed by atoms with Crippen LogP contribution in [-0.4, -0.2) is 26.5 Å². The molecular formula is C23H19N5OS. The van der Waals surface area contributed by atoms with Crippen molar-refractivity contribution in [2.75, 3.05) is 12.3 Å². The van der Waals surface area contributed by atoms with Gasteiger partial charge in [-0.3, -0.25) is 9.19 Å². The molecule has 0 spiro atoms. The van der Waals surface area contributed by atoms with E-state index in [2.05, 4.69) is 38.2 Å². The fraction of sp³-hybridized carbons (Fsp3) is 0.0870. The van der Waals surface area contributed by atoms with E-state index in [-0.39, 0.29) is 6.54 Å². The van der Waals surface area contributed by atoms with Gasteiger partial charge in [-0.05, 0) is 52.6 Å². The summed E-state index contributed by atoms with van der Waals surface area (Å²) in [6.45, 7) is 0.219. The third-order valence-electron chi connectivity index (χ3n) is 4.74. The fourth-order valence-corrected chi connectivity index (χ4v) is 4.20. The number of aromatic nitrogens is 2. The molecule has 0 bridgehead atoms. The van der Waals surface area contributed by atoms with Crippen LogP contribution in [0.4, 0.5) is 0 Å². The highest BCUT2D eigenvalue weighted by Crippen LogP contribution is 2.35. The summed E-state index contributed by atoms with van der Waals surface area (Å²) in [4.78, 5) is 11.1. The number of rotatable bonds is 7. The maximum Gasteiger partial charge on any atom is 0.0538 e. The van der Waals surface area contributed by atoms with Crippen LogP contribution in [-0.2, 0) is 10.8 Å². The number of H-pyrrole nitrogens is 1. The molecule has 30 heavy (non-hydrogen) atoms. The highest BCUT2D eigenvalue weighted by molar-refractivity contribution is 7.85. The van der Waals surface area contributed by atoms with Crippen LogP contribution in [0.15, 0.2) is 95.2 Å². The lowest BCUT2D eigenvalue weighted by Gasteiger charge is -2.04. The number of nitrogens with zero attached hydrogens (tertiary/aromatic N) is 4. The lowest BCUT2D eigenvalue weighted by Crippen LogP contribution is -2.00.